The van der Waals surface area contributed by atoms with Gasteiger partial charge in [0, 0.05) is 28.9 Å². The molecule has 3 nitrogen and oxygen atoms in total. The number of rotatable bonds is 7. The highest BCUT2D eigenvalue weighted by Crippen LogP contribution is 2.20. The molecule has 0 aliphatic heterocycles. The van der Waals surface area contributed by atoms with E-state index in [9.17, 15) is 4.79 Å². The molecule has 0 spiro atoms. The van der Waals surface area contributed by atoms with E-state index in [0.717, 1.165) is 25.2 Å². The van der Waals surface area contributed by atoms with E-state index in [1.807, 2.05) is 5.38 Å². The third kappa shape index (κ3) is 4.59. The van der Waals surface area contributed by atoms with Gasteiger partial charge in [-0.1, -0.05) is 13.0 Å². The predicted molar refractivity (Wildman–Crippen MR) is 85.1 cm³/mol. The van der Waals surface area contributed by atoms with Gasteiger partial charge < -0.3 is 5.11 Å². The minimum atomic E-state index is -0.911. The summed E-state index contributed by atoms with van der Waals surface area (Å²) in [6.07, 6.45) is 2.81. The molecule has 0 unspecified atom stereocenters. The SMILES string of the molecule is CCN(Cc1cccs1)Cc1cc(C=CC(=O)O)cs1. The summed E-state index contributed by atoms with van der Waals surface area (Å²) in [5.41, 5.74) is 0.958. The molecule has 2 aromatic rings. The van der Waals surface area contributed by atoms with Gasteiger partial charge >= 0.3 is 5.97 Å². The van der Waals surface area contributed by atoms with Gasteiger partial charge in [0.1, 0.15) is 0 Å². The number of hydrogen-bond donors (Lipinski definition) is 1. The fourth-order valence-electron chi connectivity index (χ4n) is 1.86. The van der Waals surface area contributed by atoms with Crippen molar-refractivity contribution < 1.29 is 9.90 Å². The first-order valence-electron chi connectivity index (χ1n) is 6.40. The Bertz CT molecular complexity index is 572. The first kappa shape index (κ1) is 15.0. The Hall–Kier alpha value is -1.43. The van der Waals surface area contributed by atoms with Crippen LogP contribution in [-0.4, -0.2) is 22.5 Å². The molecule has 0 amide bonds. The summed E-state index contributed by atoms with van der Waals surface area (Å²) in [7, 11) is 0. The molecule has 0 radical (unpaired) electrons. The van der Waals surface area contributed by atoms with Gasteiger partial charge in [-0.05, 0) is 41.1 Å². The van der Waals surface area contributed by atoms with Crippen LogP contribution >= 0.6 is 22.7 Å². The number of carbonyl (C=O) groups is 1. The van der Waals surface area contributed by atoms with Gasteiger partial charge in [-0.15, -0.1) is 22.7 Å². The smallest absolute Gasteiger partial charge is 0.328 e. The number of carboxylic acids is 1. The second-order valence-corrected chi connectivity index (χ2v) is 6.43. The number of thiophene rings is 2. The lowest BCUT2D eigenvalue weighted by Gasteiger charge is -2.18. The second-order valence-electron chi connectivity index (χ2n) is 4.40. The van der Waals surface area contributed by atoms with Gasteiger partial charge in [0.25, 0.3) is 0 Å². The van der Waals surface area contributed by atoms with Crippen LogP contribution in [0.5, 0.6) is 0 Å². The highest BCUT2D eigenvalue weighted by Gasteiger charge is 2.07. The molecule has 2 rings (SSSR count). The van der Waals surface area contributed by atoms with Crippen LogP contribution < -0.4 is 0 Å². The summed E-state index contributed by atoms with van der Waals surface area (Å²) < 4.78 is 0. The van der Waals surface area contributed by atoms with Gasteiger partial charge in [0.2, 0.25) is 0 Å². The van der Waals surface area contributed by atoms with Crippen molar-refractivity contribution in [3.8, 4) is 0 Å². The zero-order valence-electron chi connectivity index (χ0n) is 11.3. The maximum atomic E-state index is 10.5. The third-order valence-electron chi connectivity index (χ3n) is 2.88. The van der Waals surface area contributed by atoms with Gasteiger partial charge in [-0.2, -0.15) is 0 Å². The maximum Gasteiger partial charge on any atom is 0.328 e. The van der Waals surface area contributed by atoms with Crippen LogP contribution in [0.3, 0.4) is 0 Å². The standard InChI is InChI=1S/C15H17NO2S2/c1-2-16(9-13-4-3-7-19-13)10-14-8-12(11-20-14)5-6-15(17)18/h3-8,11H,2,9-10H2,1H3,(H,17,18). The molecular weight excluding hydrogens is 290 g/mol. The molecule has 2 aromatic heterocycles. The summed E-state index contributed by atoms with van der Waals surface area (Å²) in [4.78, 5) is 15.5. The Morgan fingerprint density at radius 1 is 1.35 bits per heavy atom. The number of aliphatic carboxylic acids is 1. The molecule has 1 N–H and O–H groups in total. The lowest BCUT2D eigenvalue weighted by Crippen LogP contribution is -2.21. The van der Waals surface area contributed by atoms with Crippen LogP contribution in [0.15, 0.2) is 35.0 Å². The Kier molecular flexibility index (Phi) is 5.52. The monoisotopic (exact) mass is 307 g/mol. The fourth-order valence-corrected chi connectivity index (χ4v) is 3.50. The molecule has 106 valence electrons. The van der Waals surface area contributed by atoms with Crippen LogP contribution in [0, 0.1) is 0 Å². The summed E-state index contributed by atoms with van der Waals surface area (Å²) >= 11 is 3.45. The topological polar surface area (TPSA) is 40.5 Å². The molecule has 0 aliphatic rings. The van der Waals surface area contributed by atoms with Gasteiger partial charge in [0.15, 0.2) is 0 Å². The molecule has 0 saturated carbocycles. The van der Waals surface area contributed by atoms with Crippen molar-refractivity contribution in [2.24, 2.45) is 0 Å². The van der Waals surface area contributed by atoms with Crippen molar-refractivity contribution in [1.29, 1.82) is 0 Å². The van der Waals surface area contributed by atoms with Crippen molar-refractivity contribution in [2.45, 2.75) is 20.0 Å². The summed E-state index contributed by atoms with van der Waals surface area (Å²) in [5, 5.41) is 12.7. The number of hydrogen-bond acceptors (Lipinski definition) is 4. The molecule has 0 saturated heterocycles. The van der Waals surface area contributed by atoms with E-state index in [1.165, 1.54) is 15.8 Å². The average Bonchev–Trinajstić information content (AvgIpc) is 3.07. The lowest BCUT2D eigenvalue weighted by atomic mass is 10.2. The van der Waals surface area contributed by atoms with Gasteiger partial charge in [0.05, 0.1) is 0 Å². The Labute approximate surface area is 126 Å². The van der Waals surface area contributed by atoms with E-state index in [1.54, 1.807) is 28.7 Å². The number of carboxylic acid groups (broad SMARTS) is 1. The van der Waals surface area contributed by atoms with E-state index in [-0.39, 0.29) is 0 Å². The predicted octanol–water partition coefficient (Wildman–Crippen LogP) is 3.93. The largest absolute Gasteiger partial charge is 0.478 e. The van der Waals surface area contributed by atoms with E-state index in [0.29, 0.717) is 0 Å². The van der Waals surface area contributed by atoms with E-state index >= 15 is 0 Å². The quantitative estimate of drug-likeness (QED) is 0.788. The molecule has 0 aromatic carbocycles. The molecule has 5 heteroatoms. The zero-order chi connectivity index (χ0) is 14.4. The summed E-state index contributed by atoms with van der Waals surface area (Å²) in [6, 6.07) is 6.29. The average molecular weight is 307 g/mol. The Morgan fingerprint density at radius 2 is 2.15 bits per heavy atom. The molecule has 0 atom stereocenters. The normalized spacial score (nSPS) is 11.5. The molecule has 0 aliphatic carbocycles. The van der Waals surface area contributed by atoms with Crippen molar-refractivity contribution >= 4 is 34.7 Å². The van der Waals surface area contributed by atoms with Crippen molar-refractivity contribution in [1.82, 2.24) is 4.90 Å². The minimum Gasteiger partial charge on any atom is -0.478 e. The van der Waals surface area contributed by atoms with Crippen molar-refractivity contribution in [3.63, 3.8) is 0 Å². The van der Waals surface area contributed by atoms with E-state index in [4.69, 9.17) is 5.11 Å². The fraction of sp³-hybridized carbons (Fsp3) is 0.267. The Morgan fingerprint density at radius 3 is 2.80 bits per heavy atom. The van der Waals surface area contributed by atoms with Gasteiger partial charge in [-0.25, -0.2) is 4.79 Å². The van der Waals surface area contributed by atoms with Crippen LogP contribution in [0.4, 0.5) is 0 Å². The molecular formula is C15H17NO2S2. The molecule has 2 heterocycles. The van der Waals surface area contributed by atoms with Crippen LogP contribution in [0.25, 0.3) is 6.08 Å². The van der Waals surface area contributed by atoms with Crippen molar-refractivity contribution in [2.75, 3.05) is 6.54 Å². The molecule has 0 bridgehead atoms. The minimum absolute atomic E-state index is 0.903. The molecule has 20 heavy (non-hydrogen) atoms. The highest BCUT2D eigenvalue weighted by atomic mass is 32.1. The first-order valence-corrected chi connectivity index (χ1v) is 8.16. The summed E-state index contributed by atoms with van der Waals surface area (Å²) in [5.74, 6) is -0.911. The Balaban J connectivity index is 1.95. The van der Waals surface area contributed by atoms with E-state index in [2.05, 4.69) is 35.4 Å². The second kappa shape index (κ2) is 7.38. The van der Waals surface area contributed by atoms with Crippen LogP contribution in [-0.2, 0) is 17.9 Å². The van der Waals surface area contributed by atoms with Gasteiger partial charge in [-0.3, -0.25) is 4.90 Å². The zero-order valence-corrected chi connectivity index (χ0v) is 12.9. The third-order valence-corrected chi connectivity index (χ3v) is 4.68. The van der Waals surface area contributed by atoms with E-state index < -0.39 is 5.97 Å². The first-order chi connectivity index (χ1) is 9.67. The lowest BCUT2D eigenvalue weighted by molar-refractivity contribution is -0.131. The van der Waals surface area contributed by atoms with Crippen molar-refractivity contribution in [3.05, 3.63) is 50.4 Å². The highest BCUT2D eigenvalue weighted by molar-refractivity contribution is 7.10. The maximum absolute atomic E-state index is 10.5. The van der Waals surface area contributed by atoms with Crippen LogP contribution in [0.1, 0.15) is 22.2 Å². The molecule has 0 fully saturated rings. The summed E-state index contributed by atoms with van der Waals surface area (Å²) in [6.45, 7) is 5.02. The van der Waals surface area contributed by atoms with Crippen LogP contribution in [0.2, 0.25) is 0 Å². The number of nitrogens with zero attached hydrogens (tertiary/aromatic N) is 1.